The summed E-state index contributed by atoms with van der Waals surface area (Å²) in [6.45, 7) is 1.67. The van der Waals surface area contributed by atoms with Gasteiger partial charge in [-0.1, -0.05) is 22.0 Å². The van der Waals surface area contributed by atoms with E-state index in [0.717, 1.165) is 23.4 Å². The van der Waals surface area contributed by atoms with Gasteiger partial charge in [-0.2, -0.15) is 0 Å². The Balaban J connectivity index is 2.31. The number of hydrogen-bond acceptors (Lipinski definition) is 2. The normalized spacial score (nSPS) is 17.4. The maximum absolute atomic E-state index is 5.63. The van der Waals surface area contributed by atoms with Gasteiger partial charge in [0.1, 0.15) is 0 Å². The first-order valence-corrected chi connectivity index (χ1v) is 4.69. The van der Waals surface area contributed by atoms with Crippen LogP contribution in [0, 0.1) is 0 Å². The van der Waals surface area contributed by atoms with Gasteiger partial charge in [-0.05, 0) is 17.7 Å². The maximum Gasteiger partial charge on any atom is 0.0557 e. The molecule has 0 radical (unpaired) electrons. The number of ether oxygens (including phenoxy) is 1. The van der Waals surface area contributed by atoms with Crippen molar-refractivity contribution in [3.05, 3.63) is 28.2 Å². The summed E-state index contributed by atoms with van der Waals surface area (Å²) in [5, 5.41) is 0. The van der Waals surface area contributed by atoms with Crippen LogP contribution in [0.3, 0.4) is 0 Å². The molecule has 0 aliphatic carbocycles. The Hall–Kier alpha value is -0.540. The van der Waals surface area contributed by atoms with Gasteiger partial charge in [-0.15, -0.1) is 0 Å². The van der Waals surface area contributed by atoms with Crippen LogP contribution < -0.4 is 5.73 Å². The largest absolute Gasteiger partial charge is 0.399 e. The molecule has 1 aliphatic rings. The molecule has 1 aliphatic heterocycles. The molecule has 0 bridgehead atoms. The third-order valence-corrected chi connectivity index (χ3v) is 2.79. The second kappa shape index (κ2) is 3.07. The fraction of sp³-hybridized carbons (Fsp3) is 0.333. The summed E-state index contributed by atoms with van der Waals surface area (Å²) < 4.78 is 6.22. The van der Waals surface area contributed by atoms with Crippen LogP contribution in [0.1, 0.15) is 11.5 Å². The Labute approximate surface area is 79.8 Å². The van der Waals surface area contributed by atoms with Gasteiger partial charge in [0.05, 0.1) is 13.2 Å². The Morgan fingerprint density at radius 2 is 2.17 bits per heavy atom. The minimum atomic E-state index is 0.556. The summed E-state index contributed by atoms with van der Waals surface area (Å²) in [4.78, 5) is 0. The monoisotopic (exact) mass is 227 g/mol. The van der Waals surface area contributed by atoms with E-state index in [-0.39, 0.29) is 0 Å². The number of nitrogen functional groups attached to an aromatic ring is 1. The van der Waals surface area contributed by atoms with Crippen LogP contribution in [0.15, 0.2) is 22.7 Å². The average molecular weight is 228 g/mol. The topological polar surface area (TPSA) is 35.2 Å². The Morgan fingerprint density at radius 3 is 2.67 bits per heavy atom. The molecule has 1 aromatic rings. The minimum absolute atomic E-state index is 0.556. The Morgan fingerprint density at radius 1 is 1.42 bits per heavy atom. The van der Waals surface area contributed by atoms with Crippen LogP contribution in [0.25, 0.3) is 0 Å². The third-order valence-electron chi connectivity index (χ3n) is 2.10. The lowest BCUT2D eigenvalue weighted by Gasteiger charge is -2.27. The van der Waals surface area contributed by atoms with Gasteiger partial charge in [-0.25, -0.2) is 0 Å². The molecule has 1 saturated heterocycles. The molecule has 0 amide bonds. The number of nitrogens with two attached hydrogens (primary N) is 1. The van der Waals surface area contributed by atoms with E-state index in [1.807, 2.05) is 12.1 Å². The first-order valence-electron chi connectivity index (χ1n) is 3.90. The Kier molecular flexibility index (Phi) is 2.07. The summed E-state index contributed by atoms with van der Waals surface area (Å²) in [6.07, 6.45) is 0. The molecule has 64 valence electrons. The lowest BCUT2D eigenvalue weighted by Crippen LogP contribution is -2.25. The van der Waals surface area contributed by atoms with Gasteiger partial charge in [0.15, 0.2) is 0 Å². The number of benzene rings is 1. The van der Waals surface area contributed by atoms with Crippen molar-refractivity contribution in [3.63, 3.8) is 0 Å². The van der Waals surface area contributed by atoms with Crippen LogP contribution in [0.2, 0.25) is 0 Å². The zero-order chi connectivity index (χ0) is 8.55. The molecule has 2 nitrogen and oxygen atoms in total. The van der Waals surface area contributed by atoms with E-state index in [4.69, 9.17) is 10.5 Å². The second-order valence-electron chi connectivity index (χ2n) is 3.02. The van der Waals surface area contributed by atoms with Crippen molar-refractivity contribution in [3.8, 4) is 0 Å². The van der Waals surface area contributed by atoms with Crippen LogP contribution in [-0.4, -0.2) is 13.2 Å². The second-order valence-corrected chi connectivity index (χ2v) is 3.87. The molecule has 3 heteroatoms. The summed E-state index contributed by atoms with van der Waals surface area (Å²) >= 11 is 3.49. The van der Waals surface area contributed by atoms with Crippen LogP contribution in [0.5, 0.6) is 0 Å². The number of anilines is 1. The highest BCUT2D eigenvalue weighted by molar-refractivity contribution is 9.10. The molecule has 1 fully saturated rings. The lowest BCUT2D eigenvalue weighted by atomic mass is 9.97. The van der Waals surface area contributed by atoms with E-state index in [2.05, 4.69) is 22.0 Å². The van der Waals surface area contributed by atoms with Crippen LogP contribution in [-0.2, 0) is 4.74 Å². The van der Waals surface area contributed by atoms with Crippen molar-refractivity contribution >= 4 is 21.6 Å². The zero-order valence-corrected chi connectivity index (χ0v) is 8.17. The SMILES string of the molecule is Nc1ccc(C2COC2)c(Br)c1. The van der Waals surface area contributed by atoms with E-state index >= 15 is 0 Å². The average Bonchev–Trinajstić information content (AvgIpc) is 1.91. The molecule has 0 atom stereocenters. The van der Waals surface area contributed by atoms with Crippen molar-refractivity contribution in [2.24, 2.45) is 0 Å². The highest BCUT2D eigenvalue weighted by atomic mass is 79.9. The highest BCUT2D eigenvalue weighted by Crippen LogP contribution is 2.31. The van der Waals surface area contributed by atoms with E-state index < -0.39 is 0 Å². The van der Waals surface area contributed by atoms with Gasteiger partial charge in [0, 0.05) is 16.1 Å². The van der Waals surface area contributed by atoms with Gasteiger partial charge in [0.25, 0.3) is 0 Å². The molecule has 2 N–H and O–H groups in total. The minimum Gasteiger partial charge on any atom is -0.399 e. The van der Waals surface area contributed by atoms with Gasteiger partial charge < -0.3 is 10.5 Å². The number of halogens is 1. The van der Waals surface area contributed by atoms with Gasteiger partial charge in [0.2, 0.25) is 0 Å². The van der Waals surface area contributed by atoms with E-state index in [0.29, 0.717) is 5.92 Å². The fourth-order valence-corrected chi connectivity index (χ4v) is 2.01. The molecule has 2 rings (SSSR count). The predicted molar refractivity (Wildman–Crippen MR) is 52.1 cm³/mol. The summed E-state index contributed by atoms with van der Waals surface area (Å²) in [6, 6.07) is 5.93. The zero-order valence-electron chi connectivity index (χ0n) is 6.59. The highest BCUT2D eigenvalue weighted by Gasteiger charge is 2.22. The molecule has 0 unspecified atom stereocenters. The lowest BCUT2D eigenvalue weighted by molar-refractivity contribution is 0.00814. The van der Waals surface area contributed by atoms with Crippen molar-refractivity contribution in [2.75, 3.05) is 18.9 Å². The Bertz CT molecular complexity index is 297. The number of rotatable bonds is 1. The third kappa shape index (κ3) is 1.34. The first kappa shape index (κ1) is 8.08. The van der Waals surface area contributed by atoms with Gasteiger partial charge in [-0.3, -0.25) is 0 Å². The molecule has 0 aromatic heterocycles. The van der Waals surface area contributed by atoms with E-state index in [1.165, 1.54) is 5.56 Å². The maximum atomic E-state index is 5.63. The standard InChI is InChI=1S/C9H10BrNO/c10-9-3-7(11)1-2-8(9)6-4-12-5-6/h1-3,6H,4-5,11H2. The smallest absolute Gasteiger partial charge is 0.0557 e. The van der Waals surface area contributed by atoms with Crippen LogP contribution >= 0.6 is 15.9 Å². The molecule has 12 heavy (non-hydrogen) atoms. The van der Waals surface area contributed by atoms with Crippen molar-refractivity contribution in [1.29, 1.82) is 0 Å². The molecular formula is C9H10BrNO. The number of hydrogen-bond donors (Lipinski definition) is 1. The van der Waals surface area contributed by atoms with Crippen LogP contribution in [0.4, 0.5) is 5.69 Å². The fourth-order valence-electron chi connectivity index (χ4n) is 1.29. The predicted octanol–water partition coefficient (Wildman–Crippen LogP) is 2.15. The van der Waals surface area contributed by atoms with Crippen molar-refractivity contribution in [1.82, 2.24) is 0 Å². The van der Waals surface area contributed by atoms with Crippen molar-refractivity contribution < 1.29 is 4.74 Å². The molecule has 0 spiro atoms. The summed E-state index contributed by atoms with van der Waals surface area (Å²) in [5.74, 6) is 0.556. The first-order chi connectivity index (χ1) is 5.77. The molecular weight excluding hydrogens is 218 g/mol. The summed E-state index contributed by atoms with van der Waals surface area (Å²) in [7, 11) is 0. The van der Waals surface area contributed by atoms with Gasteiger partial charge >= 0.3 is 0 Å². The van der Waals surface area contributed by atoms with E-state index in [1.54, 1.807) is 0 Å². The molecule has 1 heterocycles. The van der Waals surface area contributed by atoms with Crippen molar-refractivity contribution in [2.45, 2.75) is 5.92 Å². The molecule has 1 aromatic carbocycles. The quantitative estimate of drug-likeness (QED) is 0.747. The summed E-state index contributed by atoms with van der Waals surface area (Å²) in [5.41, 5.74) is 7.72. The van der Waals surface area contributed by atoms with E-state index in [9.17, 15) is 0 Å². The molecule has 0 saturated carbocycles.